The maximum Gasteiger partial charge on any atom is 0.294 e. The fourth-order valence-corrected chi connectivity index (χ4v) is 2.89. The standard InChI is InChI=1S/C13H11N5OS/c1-17-7-14-9-4-3-8(5-11(9)17)10-6-18-12(15-10)20-13(16-18)19-2/h3-7H,1-2H3. The number of hydrogen-bond acceptors (Lipinski definition) is 5. The monoisotopic (exact) mass is 285 g/mol. The van der Waals surface area contributed by atoms with Crippen molar-refractivity contribution in [1.82, 2.24) is 24.1 Å². The zero-order valence-electron chi connectivity index (χ0n) is 10.9. The Labute approximate surface area is 118 Å². The van der Waals surface area contributed by atoms with Gasteiger partial charge >= 0.3 is 0 Å². The van der Waals surface area contributed by atoms with E-state index in [2.05, 4.69) is 21.1 Å². The largest absolute Gasteiger partial charge is 0.472 e. The van der Waals surface area contributed by atoms with Crippen molar-refractivity contribution in [3.05, 3.63) is 30.7 Å². The molecule has 3 aromatic heterocycles. The molecule has 0 saturated carbocycles. The molecule has 0 N–H and O–H groups in total. The third kappa shape index (κ3) is 1.60. The van der Waals surface area contributed by atoms with E-state index < -0.39 is 0 Å². The van der Waals surface area contributed by atoms with Crippen molar-refractivity contribution in [2.75, 3.05) is 7.11 Å². The van der Waals surface area contributed by atoms with Gasteiger partial charge in [0.1, 0.15) is 0 Å². The van der Waals surface area contributed by atoms with Gasteiger partial charge in [-0.1, -0.05) is 6.07 Å². The van der Waals surface area contributed by atoms with Crippen LogP contribution < -0.4 is 4.74 Å². The molecule has 7 heteroatoms. The van der Waals surface area contributed by atoms with Gasteiger partial charge < -0.3 is 9.30 Å². The minimum atomic E-state index is 0.612. The Morgan fingerprint density at radius 3 is 3.00 bits per heavy atom. The van der Waals surface area contributed by atoms with Crippen LogP contribution in [0.25, 0.3) is 27.3 Å². The lowest BCUT2D eigenvalue weighted by molar-refractivity contribution is 0.405. The van der Waals surface area contributed by atoms with Gasteiger partial charge in [0.2, 0.25) is 4.96 Å². The minimum absolute atomic E-state index is 0.612. The Balaban J connectivity index is 1.86. The van der Waals surface area contributed by atoms with Gasteiger partial charge in [-0.15, -0.1) is 5.10 Å². The predicted octanol–water partition coefficient (Wildman–Crippen LogP) is 2.35. The molecule has 0 amide bonds. The third-order valence-electron chi connectivity index (χ3n) is 3.22. The fourth-order valence-electron chi connectivity index (χ4n) is 2.19. The van der Waals surface area contributed by atoms with Crippen molar-refractivity contribution in [3.63, 3.8) is 0 Å². The normalized spacial score (nSPS) is 11.5. The number of hydrogen-bond donors (Lipinski definition) is 0. The van der Waals surface area contributed by atoms with Crippen LogP contribution in [-0.4, -0.2) is 31.3 Å². The van der Waals surface area contributed by atoms with Crippen molar-refractivity contribution in [3.8, 4) is 16.5 Å². The molecule has 0 aliphatic heterocycles. The quantitative estimate of drug-likeness (QED) is 0.567. The molecular weight excluding hydrogens is 274 g/mol. The summed E-state index contributed by atoms with van der Waals surface area (Å²) < 4.78 is 8.84. The number of rotatable bonds is 2. The molecule has 4 aromatic rings. The summed E-state index contributed by atoms with van der Waals surface area (Å²) in [6.45, 7) is 0. The highest BCUT2D eigenvalue weighted by Gasteiger charge is 2.11. The zero-order chi connectivity index (χ0) is 13.7. The van der Waals surface area contributed by atoms with E-state index in [0.717, 1.165) is 27.3 Å². The average molecular weight is 285 g/mol. The van der Waals surface area contributed by atoms with Crippen LogP contribution in [-0.2, 0) is 7.05 Å². The molecule has 20 heavy (non-hydrogen) atoms. The summed E-state index contributed by atoms with van der Waals surface area (Å²) in [5.41, 5.74) is 4.02. The van der Waals surface area contributed by atoms with Gasteiger partial charge in [-0.3, -0.25) is 0 Å². The molecule has 0 aliphatic rings. The van der Waals surface area contributed by atoms with Gasteiger partial charge in [-0.25, -0.2) is 14.5 Å². The molecule has 0 unspecified atom stereocenters. The van der Waals surface area contributed by atoms with Gasteiger partial charge in [0.15, 0.2) is 0 Å². The van der Waals surface area contributed by atoms with Crippen molar-refractivity contribution >= 4 is 27.3 Å². The molecule has 6 nitrogen and oxygen atoms in total. The Morgan fingerprint density at radius 1 is 1.30 bits per heavy atom. The van der Waals surface area contributed by atoms with Crippen LogP contribution in [0.4, 0.5) is 0 Å². The summed E-state index contributed by atoms with van der Waals surface area (Å²) in [6, 6.07) is 6.12. The number of fused-ring (bicyclic) bond motifs is 2. The highest BCUT2D eigenvalue weighted by atomic mass is 32.1. The number of ether oxygens (including phenoxy) is 1. The lowest BCUT2D eigenvalue weighted by Crippen LogP contribution is -1.86. The number of aromatic nitrogens is 5. The topological polar surface area (TPSA) is 57.2 Å². The van der Waals surface area contributed by atoms with E-state index in [-0.39, 0.29) is 0 Å². The number of nitrogens with zero attached hydrogens (tertiary/aromatic N) is 5. The Bertz CT molecular complexity index is 888. The molecule has 100 valence electrons. The summed E-state index contributed by atoms with van der Waals surface area (Å²) in [6.07, 6.45) is 3.72. The number of aryl methyl sites for hydroxylation is 1. The van der Waals surface area contributed by atoms with Gasteiger partial charge in [0, 0.05) is 12.6 Å². The summed E-state index contributed by atoms with van der Waals surface area (Å²) in [5, 5.41) is 4.89. The molecule has 0 saturated heterocycles. The van der Waals surface area contributed by atoms with Crippen LogP contribution in [0.3, 0.4) is 0 Å². The van der Waals surface area contributed by atoms with Gasteiger partial charge in [-0.05, 0) is 23.5 Å². The molecule has 4 rings (SSSR count). The smallest absolute Gasteiger partial charge is 0.294 e. The van der Waals surface area contributed by atoms with Crippen molar-refractivity contribution in [2.24, 2.45) is 7.05 Å². The molecule has 0 bridgehead atoms. The fraction of sp³-hybridized carbons (Fsp3) is 0.154. The van der Waals surface area contributed by atoms with E-state index >= 15 is 0 Å². The molecular formula is C13H11N5OS. The molecule has 3 heterocycles. The number of methoxy groups -OCH3 is 1. The van der Waals surface area contributed by atoms with E-state index in [4.69, 9.17) is 4.74 Å². The van der Waals surface area contributed by atoms with Crippen LogP contribution >= 0.6 is 11.3 Å². The van der Waals surface area contributed by atoms with Crippen molar-refractivity contribution in [1.29, 1.82) is 0 Å². The van der Waals surface area contributed by atoms with Gasteiger partial charge in [-0.2, -0.15) is 0 Å². The average Bonchev–Trinajstić information content (AvgIpc) is 3.11. The highest BCUT2D eigenvalue weighted by molar-refractivity contribution is 7.18. The van der Waals surface area contributed by atoms with Crippen LogP contribution in [0.5, 0.6) is 5.19 Å². The van der Waals surface area contributed by atoms with E-state index in [9.17, 15) is 0 Å². The number of imidazole rings is 2. The first-order chi connectivity index (χ1) is 9.74. The predicted molar refractivity (Wildman–Crippen MR) is 77.1 cm³/mol. The maximum absolute atomic E-state index is 5.10. The summed E-state index contributed by atoms with van der Waals surface area (Å²) in [5.74, 6) is 0. The Morgan fingerprint density at radius 2 is 2.20 bits per heavy atom. The maximum atomic E-state index is 5.10. The molecule has 0 fully saturated rings. The highest BCUT2D eigenvalue weighted by Crippen LogP contribution is 2.27. The lowest BCUT2D eigenvalue weighted by atomic mass is 10.1. The van der Waals surface area contributed by atoms with Crippen molar-refractivity contribution < 1.29 is 4.74 Å². The Kier molecular flexibility index (Phi) is 2.31. The first-order valence-corrected chi connectivity index (χ1v) is 6.88. The van der Waals surface area contributed by atoms with E-state index in [0.29, 0.717) is 5.19 Å². The second-order valence-electron chi connectivity index (χ2n) is 4.48. The number of benzene rings is 1. The molecule has 1 aromatic carbocycles. The second kappa shape index (κ2) is 4.04. The van der Waals surface area contributed by atoms with Crippen LogP contribution in [0.1, 0.15) is 0 Å². The van der Waals surface area contributed by atoms with E-state index in [1.807, 2.05) is 36.3 Å². The lowest BCUT2D eigenvalue weighted by Gasteiger charge is -1.98. The molecule has 0 atom stereocenters. The minimum Gasteiger partial charge on any atom is -0.472 e. The van der Waals surface area contributed by atoms with Crippen molar-refractivity contribution in [2.45, 2.75) is 0 Å². The first kappa shape index (κ1) is 11.4. The Hall–Kier alpha value is -2.41. The summed E-state index contributed by atoms with van der Waals surface area (Å²) in [7, 11) is 3.59. The SMILES string of the molecule is COc1nn2cc(-c3ccc4ncn(C)c4c3)nc2s1. The van der Waals surface area contributed by atoms with Crippen LogP contribution in [0.15, 0.2) is 30.7 Å². The van der Waals surface area contributed by atoms with Gasteiger partial charge in [0.05, 0.1) is 36.4 Å². The van der Waals surface area contributed by atoms with Crippen LogP contribution in [0, 0.1) is 0 Å². The summed E-state index contributed by atoms with van der Waals surface area (Å²) in [4.78, 5) is 9.72. The molecule has 0 radical (unpaired) electrons. The van der Waals surface area contributed by atoms with E-state index in [1.165, 1.54) is 11.3 Å². The summed E-state index contributed by atoms with van der Waals surface area (Å²) >= 11 is 1.42. The van der Waals surface area contributed by atoms with Gasteiger partial charge in [0.25, 0.3) is 5.19 Å². The van der Waals surface area contributed by atoms with Crippen LogP contribution in [0.2, 0.25) is 0 Å². The first-order valence-electron chi connectivity index (χ1n) is 6.06. The zero-order valence-corrected chi connectivity index (χ0v) is 11.8. The molecule has 0 aliphatic carbocycles. The second-order valence-corrected chi connectivity index (χ2v) is 5.40. The molecule has 0 spiro atoms. The van der Waals surface area contributed by atoms with E-state index in [1.54, 1.807) is 11.6 Å². The third-order valence-corrected chi connectivity index (χ3v) is 4.10.